The van der Waals surface area contributed by atoms with Crippen molar-refractivity contribution >= 4 is 63.2 Å². The Kier molecular flexibility index (Phi) is 41.3. The third kappa shape index (κ3) is 31.3. The molecular weight excluding hydrogens is 1500 g/mol. The predicted octanol–water partition coefficient (Wildman–Crippen LogP) is 9.31. The summed E-state index contributed by atoms with van der Waals surface area (Å²) in [4.78, 5) is 95.2. The SMILES string of the molecule is CO[C@H]1C[C@@H]2CCC[C@@](O)(O2)C(=O)C(=O)N2CCCC[C@H]2C(=O)O[C@H](CCC2CCC(OC(=O)NCCOCCOCCOCCOCCOCCOCCOCCOCCC(=O)NCCCCn3nc(-c4cc5cc(O)ccc5[nH]4)c4c(N)ncnc43)CC2)CC[C@H](C)/C=C(\C)[C@@H](O)[C@@H](OC)C(=O)[C@H](C)C[C@H](C)/C=C/C=CC=C1C. The van der Waals surface area contributed by atoms with Gasteiger partial charge in [0, 0.05) is 76.5 Å². The first-order chi connectivity index (χ1) is 56.1. The van der Waals surface area contributed by atoms with E-state index in [1.54, 1.807) is 36.9 Å². The first kappa shape index (κ1) is 93.9. The number of hydrogen-bond acceptors (Lipinski definition) is 26. The third-order valence-electron chi connectivity index (χ3n) is 21.6. The van der Waals surface area contributed by atoms with Gasteiger partial charge in [-0.1, -0.05) is 57.2 Å². The number of ketones is 2. The van der Waals surface area contributed by atoms with E-state index in [4.69, 9.17) is 72.4 Å². The molecule has 4 aliphatic rings. The van der Waals surface area contributed by atoms with Crippen LogP contribution in [0.1, 0.15) is 157 Å². The van der Waals surface area contributed by atoms with Crippen molar-refractivity contribution in [3.05, 3.63) is 78.2 Å². The van der Waals surface area contributed by atoms with Gasteiger partial charge >= 0.3 is 12.1 Å². The topological polar surface area (TPSA) is 396 Å². The fourth-order valence-corrected chi connectivity index (χ4v) is 15.1. The van der Waals surface area contributed by atoms with Crippen LogP contribution in [0, 0.1) is 23.7 Å². The molecule has 2 saturated heterocycles. The molecule has 1 aromatic carbocycles. The number of cyclic esters (lactones) is 1. The molecule has 1 saturated carbocycles. The van der Waals surface area contributed by atoms with E-state index in [2.05, 4.69) is 25.6 Å². The summed E-state index contributed by atoms with van der Waals surface area (Å²) >= 11 is 0. The number of rotatable bonds is 39. The first-order valence-corrected chi connectivity index (χ1v) is 41.7. The maximum Gasteiger partial charge on any atom is 0.407 e. The van der Waals surface area contributed by atoms with E-state index < -0.39 is 72.0 Å². The summed E-state index contributed by atoms with van der Waals surface area (Å²) in [7, 11) is 3.02. The summed E-state index contributed by atoms with van der Waals surface area (Å²) in [5.74, 6) is -5.04. The van der Waals surface area contributed by atoms with Gasteiger partial charge in [-0.05, 0) is 170 Å². The number of fused-ring (bicyclic) bond motifs is 5. The van der Waals surface area contributed by atoms with Crippen molar-refractivity contribution in [2.75, 3.05) is 145 Å². The van der Waals surface area contributed by atoms with Crippen molar-refractivity contribution in [3.63, 3.8) is 0 Å². The number of aliphatic hydroxyl groups excluding tert-OH is 1. The van der Waals surface area contributed by atoms with Crippen molar-refractivity contribution in [2.45, 2.75) is 212 Å². The van der Waals surface area contributed by atoms with Gasteiger partial charge in [0.2, 0.25) is 11.7 Å². The number of esters is 1. The number of anilines is 1. The van der Waals surface area contributed by atoms with Crippen molar-refractivity contribution in [1.29, 1.82) is 0 Å². The number of aryl methyl sites for hydroxylation is 1. The Morgan fingerprint density at radius 1 is 0.698 bits per heavy atom. The molecule has 3 amide bonds. The van der Waals surface area contributed by atoms with Crippen LogP contribution in [0.25, 0.3) is 33.3 Å². The van der Waals surface area contributed by atoms with Crippen LogP contribution in [0.3, 0.4) is 0 Å². The molecule has 116 heavy (non-hydrogen) atoms. The molecular formula is C85H129N9O22. The minimum absolute atomic E-state index is 0.0425. The lowest BCUT2D eigenvalue weighted by Gasteiger charge is -2.39. The van der Waals surface area contributed by atoms with Crippen LogP contribution in [0.2, 0.25) is 0 Å². The smallest absolute Gasteiger partial charge is 0.407 e. The molecule has 3 aliphatic heterocycles. The minimum atomic E-state index is -2.37. The Balaban J connectivity index is 0.618. The molecule has 4 aromatic rings. The molecule has 31 heteroatoms. The Bertz CT molecular complexity index is 3780. The molecule has 0 unspecified atom stereocenters. The number of unbranched alkanes of at least 4 members (excludes halogenated alkanes) is 1. The second kappa shape index (κ2) is 51.0. The number of nitrogens with zero attached hydrogens (tertiary/aromatic N) is 5. The number of allylic oxidation sites excluding steroid dienone is 6. The Labute approximate surface area is 682 Å². The number of carbonyl (C=O) groups excluding carboxylic acids is 6. The van der Waals surface area contributed by atoms with Crippen molar-refractivity contribution in [2.24, 2.45) is 23.7 Å². The molecule has 8 rings (SSSR count). The number of benzene rings is 1. The summed E-state index contributed by atoms with van der Waals surface area (Å²) in [6, 6.07) is 5.96. The zero-order valence-corrected chi connectivity index (χ0v) is 69.2. The summed E-state index contributed by atoms with van der Waals surface area (Å²) in [6.07, 6.45) is 18.6. The zero-order valence-electron chi connectivity index (χ0n) is 69.2. The van der Waals surface area contributed by atoms with Crippen LogP contribution in [-0.2, 0) is 92.1 Å². The molecule has 10 atom stereocenters. The summed E-state index contributed by atoms with van der Waals surface area (Å²) in [5, 5.41) is 45.3. The summed E-state index contributed by atoms with van der Waals surface area (Å²) < 4.78 is 76.3. The average molecular weight is 1630 g/mol. The number of ether oxygens (including phenoxy) is 13. The Morgan fingerprint density at radius 3 is 2.03 bits per heavy atom. The average Bonchev–Trinajstić information content (AvgIpc) is 1.54. The number of amides is 3. The number of aromatic nitrogens is 5. The number of piperidine rings is 1. The lowest BCUT2D eigenvalue weighted by atomic mass is 9.83. The van der Waals surface area contributed by atoms with E-state index in [1.165, 1.54) is 18.3 Å². The second-order valence-corrected chi connectivity index (χ2v) is 30.8. The molecule has 1 aliphatic carbocycles. The van der Waals surface area contributed by atoms with Gasteiger partial charge in [-0.15, -0.1) is 0 Å². The van der Waals surface area contributed by atoms with Crippen LogP contribution >= 0.6 is 0 Å². The monoisotopic (exact) mass is 1630 g/mol. The van der Waals surface area contributed by atoms with E-state index in [-0.39, 0.29) is 86.9 Å². The number of aliphatic hydroxyl groups is 2. The van der Waals surface area contributed by atoms with Gasteiger partial charge in [0.05, 0.1) is 129 Å². The van der Waals surface area contributed by atoms with Crippen LogP contribution in [0.5, 0.6) is 5.75 Å². The molecule has 31 nitrogen and oxygen atoms in total. The lowest BCUT2D eigenvalue weighted by molar-refractivity contribution is -0.245. The molecule has 0 radical (unpaired) electrons. The molecule has 0 spiro atoms. The molecule has 2 bridgehead atoms. The van der Waals surface area contributed by atoms with E-state index >= 15 is 0 Å². The number of nitrogens with one attached hydrogen (secondary N) is 3. The molecule has 8 N–H and O–H groups in total. The molecule has 3 aromatic heterocycles. The van der Waals surface area contributed by atoms with E-state index in [9.17, 15) is 44.1 Å². The molecule has 6 heterocycles. The standard InChI is InChI=1S/C85H129N9O22/c1-58-16-9-8-10-17-60(3)72(104-6)56-68-18-15-31-85(103,116-68)79(99)82(100)93-34-13-11-19-71(93)83(101)114-66(25-20-59(2)53-62(5)77(98)78(105-7)76(97)61(4)52-58)26-21-63-22-27-67(28-23-63)115-84(102)88-33-37-107-39-41-109-43-45-111-47-49-113-51-50-112-48-46-110-44-42-108-40-38-106-36-30-73(96)87-32-12-14-35-94-81-74(80(86)89-57-90-81)75(92-94)70-55-64-54-65(95)24-29-69(64)91-70/h8-10,16-17,24,29,53-55,57-59,61,63,66-68,71-72,77-78,91,95,98,103H,11-15,18-23,25-28,30-52,56H2,1-7H3,(H,87,96)(H,88,102)(H2,86,89,90)/b10-8?,16-9+,60-17?,62-53+/t58-,59+,61-,63?,66+,67?,68+,71+,72+,77-,78+,85-/m1/s1. The van der Waals surface area contributed by atoms with Crippen molar-refractivity contribution < 1.29 is 106 Å². The van der Waals surface area contributed by atoms with Crippen LogP contribution in [0.4, 0.5) is 10.6 Å². The first-order valence-electron chi connectivity index (χ1n) is 41.7. The predicted molar refractivity (Wildman–Crippen MR) is 434 cm³/mol. The zero-order chi connectivity index (χ0) is 83.0. The van der Waals surface area contributed by atoms with Crippen LogP contribution < -0.4 is 16.4 Å². The Morgan fingerprint density at radius 2 is 1.36 bits per heavy atom. The number of nitrogen functional groups attached to an aromatic ring is 1. The van der Waals surface area contributed by atoms with E-state index in [1.807, 2.05) is 70.2 Å². The maximum atomic E-state index is 14.5. The number of Topliss-reactive ketones (excluding diaryl/α,β-unsaturated/α-hetero) is 2. The minimum Gasteiger partial charge on any atom is -0.508 e. The highest BCUT2D eigenvalue weighted by Gasteiger charge is 2.49. The molecule has 646 valence electrons. The number of methoxy groups -OCH3 is 2. The van der Waals surface area contributed by atoms with Crippen LogP contribution in [0.15, 0.2) is 78.2 Å². The van der Waals surface area contributed by atoms with Gasteiger partial charge in [0.1, 0.15) is 54.0 Å². The van der Waals surface area contributed by atoms with Gasteiger partial charge in [0.25, 0.3) is 11.7 Å². The second-order valence-electron chi connectivity index (χ2n) is 30.8. The lowest BCUT2D eigenvalue weighted by Crippen LogP contribution is -2.58. The number of H-pyrrole nitrogens is 1. The maximum absolute atomic E-state index is 14.5. The highest BCUT2D eigenvalue weighted by atomic mass is 16.6. The highest BCUT2D eigenvalue weighted by Crippen LogP contribution is 2.37. The largest absolute Gasteiger partial charge is 0.508 e. The van der Waals surface area contributed by atoms with Gasteiger partial charge in [0.15, 0.2) is 11.4 Å². The number of carbonyl (C=O) groups is 6. The Hall–Kier alpha value is -7.63. The van der Waals surface area contributed by atoms with E-state index in [0.717, 1.165) is 54.3 Å². The normalized spacial score (nSPS) is 25.5. The van der Waals surface area contributed by atoms with Gasteiger partial charge in [-0.25, -0.2) is 24.2 Å². The number of nitrogens with two attached hydrogens (primary N) is 1. The summed E-state index contributed by atoms with van der Waals surface area (Å²) in [5.41, 5.74) is 10.6. The highest BCUT2D eigenvalue weighted by molar-refractivity contribution is 6.39. The summed E-state index contributed by atoms with van der Waals surface area (Å²) in [6.45, 7) is 17.2. The van der Waals surface area contributed by atoms with Gasteiger partial charge < -0.3 is 103 Å². The molecule has 3 fully saturated rings. The third-order valence-corrected chi connectivity index (χ3v) is 21.6. The number of alkyl carbamates (subject to hydrolysis) is 1. The number of hydrogen-bond donors (Lipinski definition) is 7. The number of aromatic hydroxyl groups is 1. The number of aromatic amines is 1. The van der Waals surface area contributed by atoms with E-state index in [0.29, 0.717) is 204 Å². The van der Waals surface area contributed by atoms with Crippen molar-refractivity contribution in [3.8, 4) is 17.1 Å². The van der Waals surface area contributed by atoms with Gasteiger partial charge in [-0.2, -0.15) is 5.10 Å². The number of phenols is 1. The fourth-order valence-electron chi connectivity index (χ4n) is 15.1. The number of phenolic OH excluding ortho intramolecular Hbond substituents is 1. The fraction of sp³-hybridized carbons (Fsp3) is 0.682. The quantitative estimate of drug-likeness (QED) is 0.00946. The van der Waals surface area contributed by atoms with Gasteiger partial charge in [-0.3, -0.25) is 19.2 Å². The van der Waals surface area contributed by atoms with Crippen molar-refractivity contribution in [1.82, 2.24) is 40.3 Å². The van der Waals surface area contributed by atoms with Crippen LogP contribution in [-0.4, -0.2) is 268 Å².